The number of hydrogen-bond donors (Lipinski definition) is 0. The molecule has 15 rings (SSSR count). The highest BCUT2D eigenvalue weighted by atomic mass is 15.2. The van der Waals surface area contributed by atoms with Crippen LogP contribution in [0, 0.1) is 22.7 Å². The molecule has 0 atom stereocenters. The van der Waals surface area contributed by atoms with Gasteiger partial charge in [0.15, 0.2) is 11.6 Å². The van der Waals surface area contributed by atoms with Crippen molar-refractivity contribution in [3.63, 3.8) is 0 Å². The molecule has 13 aromatic rings. The second kappa shape index (κ2) is 15.3. The van der Waals surface area contributed by atoms with E-state index in [0.717, 1.165) is 120 Å². The lowest BCUT2D eigenvalue weighted by Crippen LogP contribution is -2.17. The largest absolute Gasteiger partial charge is 0.305 e. The zero-order chi connectivity index (χ0) is 47.6. The van der Waals surface area contributed by atoms with Gasteiger partial charge in [-0.25, -0.2) is 9.97 Å². The number of nitrogens with zero attached hydrogens (tertiary/aromatic N) is 9. The molecule has 0 fully saturated rings. The molecule has 6 heterocycles. The van der Waals surface area contributed by atoms with E-state index in [9.17, 15) is 10.5 Å². The number of benzene rings is 7. The van der Waals surface area contributed by atoms with Gasteiger partial charge in [0.25, 0.3) is 0 Å². The fraction of sp³-hybridized carbons (Fsp3) is 0.0635. The minimum absolute atomic E-state index is 0.243. The molecular weight excluding hydrogens is 883 g/mol. The minimum atomic E-state index is 0.243. The molecule has 2 aliphatic carbocycles. The quantitative estimate of drug-likeness (QED) is 0.171. The summed E-state index contributed by atoms with van der Waals surface area (Å²) in [6.45, 7) is 0. The summed E-state index contributed by atoms with van der Waals surface area (Å²) in [7, 11) is 0. The fourth-order valence-corrected chi connectivity index (χ4v) is 12.0. The van der Waals surface area contributed by atoms with Crippen LogP contribution in [0.1, 0.15) is 46.5 Å². The van der Waals surface area contributed by atoms with Gasteiger partial charge in [0.1, 0.15) is 23.5 Å². The van der Waals surface area contributed by atoms with Gasteiger partial charge in [0.05, 0.1) is 84.1 Å². The van der Waals surface area contributed by atoms with Gasteiger partial charge in [0, 0.05) is 32.3 Å². The van der Waals surface area contributed by atoms with Crippen molar-refractivity contribution >= 4 is 88.6 Å². The molecule has 7 aromatic carbocycles. The molecule has 9 heteroatoms. The highest BCUT2D eigenvalue weighted by Crippen LogP contribution is 2.49. The first-order valence-corrected chi connectivity index (χ1v) is 24.4. The first-order valence-electron chi connectivity index (χ1n) is 24.4. The number of allylic oxidation sites excluding steroid dienone is 2. The average molecular weight is 922 g/mol. The zero-order valence-electron chi connectivity index (χ0n) is 38.8. The molecule has 0 saturated heterocycles. The summed E-state index contributed by atoms with van der Waals surface area (Å²) < 4.78 is 9.56. The molecule has 6 aromatic heterocycles. The molecule has 0 bridgehead atoms. The fourth-order valence-electron chi connectivity index (χ4n) is 12.0. The first kappa shape index (κ1) is 40.1. The molecule has 0 spiro atoms. The third kappa shape index (κ3) is 5.53. The van der Waals surface area contributed by atoms with E-state index in [2.05, 4.69) is 200 Å². The second-order valence-corrected chi connectivity index (χ2v) is 18.8. The van der Waals surface area contributed by atoms with Crippen LogP contribution in [0.15, 0.2) is 176 Å². The summed E-state index contributed by atoms with van der Waals surface area (Å²) in [6.07, 6.45) is 14.6. The lowest BCUT2D eigenvalue weighted by molar-refractivity contribution is 0.901. The summed E-state index contributed by atoms with van der Waals surface area (Å²) in [6, 6.07) is 59.8. The van der Waals surface area contributed by atoms with Crippen LogP contribution in [0.5, 0.6) is 0 Å². The Morgan fingerprint density at radius 1 is 0.417 bits per heavy atom. The lowest BCUT2D eigenvalue weighted by Gasteiger charge is -2.27. The van der Waals surface area contributed by atoms with Gasteiger partial charge in [-0.15, -0.1) is 0 Å². The van der Waals surface area contributed by atoms with Crippen molar-refractivity contribution in [1.82, 2.24) is 33.2 Å². The molecule has 9 nitrogen and oxygen atoms in total. The molecule has 336 valence electrons. The van der Waals surface area contributed by atoms with Crippen LogP contribution in [0.2, 0.25) is 0 Å². The van der Waals surface area contributed by atoms with Crippen LogP contribution >= 0.6 is 0 Å². The normalized spacial score (nSPS) is 13.2. The SMILES string of the molecule is N#Cc1cc2ncc(-c3c(-n4c5ccccc5c5ccccc54)c(-n4c5c(c6ccccc64)CCC=C5)nc(-n4c5c(c6ccccc64)CCC=C5)c3-n3c4ccccc4c4ccccc43)nc2cc1C#N. The standard InChI is InChI=1S/C63H39N9/c64-35-38-33-48-49(34-39(38)36-65)67-50(37-66-48)59-60(69-51-25-9-1-17-40(51)41-18-2-10-26-52(41)69)62(71-55-29-13-5-21-44(55)45-22-6-14-30-56(45)71)68-63(72-57-31-15-7-23-46(57)47-24-8-16-32-58(47)72)61(59)70-53-27-11-3-19-42(53)43-20-4-12-28-54(43)70/h1-5,7,9-21,23,25-34,37H,6,8,22,24H2. The van der Waals surface area contributed by atoms with Crippen LogP contribution < -0.4 is 0 Å². The molecule has 0 unspecified atom stereocenters. The monoisotopic (exact) mass is 921 g/mol. The summed E-state index contributed by atoms with van der Waals surface area (Å²) in [4.78, 5) is 17.1. The van der Waals surface area contributed by atoms with Crippen molar-refractivity contribution in [1.29, 1.82) is 10.5 Å². The predicted molar refractivity (Wildman–Crippen MR) is 289 cm³/mol. The second-order valence-electron chi connectivity index (χ2n) is 18.8. The van der Waals surface area contributed by atoms with E-state index < -0.39 is 0 Å². The number of nitriles is 2. The topological polar surface area (TPSA) is 106 Å². The Morgan fingerprint density at radius 2 is 0.792 bits per heavy atom. The van der Waals surface area contributed by atoms with Crippen LogP contribution in [0.25, 0.3) is 123 Å². The minimum Gasteiger partial charge on any atom is -0.305 e. The maximum atomic E-state index is 10.4. The zero-order valence-corrected chi connectivity index (χ0v) is 38.8. The van der Waals surface area contributed by atoms with Gasteiger partial charge in [0.2, 0.25) is 0 Å². The Kier molecular flexibility index (Phi) is 8.54. The van der Waals surface area contributed by atoms with Gasteiger partial charge in [-0.05, 0) is 97.5 Å². The van der Waals surface area contributed by atoms with Crippen molar-refractivity contribution in [3.05, 3.63) is 210 Å². The highest BCUT2D eigenvalue weighted by molar-refractivity contribution is 6.13. The van der Waals surface area contributed by atoms with E-state index >= 15 is 0 Å². The Balaban J connectivity index is 1.27. The summed E-state index contributed by atoms with van der Waals surface area (Å²) in [5.74, 6) is 1.46. The maximum absolute atomic E-state index is 10.4. The van der Waals surface area contributed by atoms with Gasteiger partial charge < -0.3 is 9.13 Å². The number of rotatable bonds is 5. The Labute approximate surface area is 412 Å². The Hall–Kier alpha value is -9.83. The molecule has 2 aliphatic rings. The molecule has 0 radical (unpaired) electrons. The Bertz CT molecular complexity index is 4330. The Morgan fingerprint density at radius 3 is 1.21 bits per heavy atom. The number of fused-ring (bicyclic) bond motifs is 13. The van der Waals surface area contributed by atoms with Crippen LogP contribution in [0.3, 0.4) is 0 Å². The lowest BCUT2D eigenvalue weighted by atomic mass is 10.0. The first-order chi connectivity index (χ1) is 35.7. The van der Waals surface area contributed by atoms with Gasteiger partial charge in [-0.3, -0.25) is 14.1 Å². The summed E-state index contributed by atoms with van der Waals surface area (Å²) in [5.41, 5.74) is 15.4. The van der Waals surface area contributed by atoms with Crippen LogP contribution in [-0.4, -0.2) is 33.2 Å². The third-order valence-electron chi connectivity index (χ3n) is 15.0. The maximum Gasteiger partial charge on any atom is 0.165 e. The molecule has 72 heavy (non-hydrogen) atoms. The molecule has 0 aliphatic heterocycles. The number of para-hydroxylation sites is 6. The van der Waals surface area contributed by atoms with E-state index in [4.69, 9.17) is 15.0 Å². The van der Waals surface area contributed by atoms with Gasteiger partial charge in [-0.2, -0.15) is 10.5 Å². The van der Waals surface area contributed by atoms with E-state index in [0.29, 0.717) is 16.7 Å². The van der Waals surface area contributed by atoms with E-state index in [1.165, 1.54) is 21.9 Å². The van der Waals surface area contributed by atoms with Crippen LogP contribution in [-0.2, 0) is 12.8 Å². The number of pyridine rings is 1. The van der Waals surface area contributed by atoms with Gasteiger partial charge in [-0.1, -0.05) is 121 Å². The third-order valence-corrected chi connectivity index (χ3v) is 15.0. The van der Waals surface area contributed by atoms with E-state index in [1.807, 2.05) is 6.20 Å². The van der Waals surface area contributed by atoms with E-state index in [-0.39, 0.29) is 11.1 Å². The van der Waals surface area contributed by atoms with Gasteiger partial charge >= 0.3 is 0 Å². The number of aryl methyl sites for hydroxylation is 2. The van der Waals surface area contributed by atoms with Crippen molar-refractivity contribution in [2.24, 2.45) is 0 Å². The summed E-state index contributed by atoms with van der Waals surface area (Å²) >= 11 is 0. The average Bonchev–Trinajstić information content (AvgIpc) is 4.17. The van der Waals surface area contributed by atoms with Crippen molar-refractivity contribution in [3.8, 4) is 46.4 Å². The van der Waals surface area contributed by atoms with Crippen molar-refractivity contribution in [2.75, 3.05) is 0 Å². The molecular formula is C63H39N9. The highest BCUT2D eigenvalue weighted by Gasteiger charge is 2.34. The molecule has 0 amide bonds. The van der Waals surface area contributed by atoms with Crippen molar-refractivity contribution in [2.45, 2.75) is 25.7 Å². The molecule has 0 N–H and O–H groups in total. The van der Waals surface area contributed by atoms with Crippen LogP contribution in [0.4, 0.5) is 0 Å². The van der Waals surface area contributed by atoms with Crippen molar-refractivity contribution < 1.29 is 0 Å². The molecule has 0 saturated carbocycles. The number of aromatic nitrogens is 7. The summed E-state index contributed by atoms with van der Waals surface area (Å²) in [5, 5.41) is 27.4. The smallest absolute Gasteiger partial charge is 0.165 e. The number of hydrogen-bond acceptors (Lipinski definition) is 5. The van der Waals surface area contributed by atoms with E-state index in [1.54, 1.807) is 12.1 Å². The predicted octanol–water partition coefficient (Wildman–Crippen LogP) is 14.4.